The summed E-state index contributed by atoms with van der Waals surface area (Å²) in [6, 6.07) is 9.26. The first-order valence-electron chi connectivity index (χ1n) is 5.94. The highest BCUT2D eigenvalue weighted by atomic mass is 32.2. The third-order valence-corrected chi connectivity index (χ3v) is 3.34. The molecule has 7 heteroatoms. The van der Waals surface area contributed by atoms with E-state index in [1.54, 1.807) is 6.20 Å². The number of rotatable bonds is 4. The highest BCUT2D eigenvalue weighted by Crippen LogP contribution is 2.20. The smallest absolute Gasteiger partial charge is 0.321 e. The zero-order chi connectivity index (χ0) is 14.4. The number of hydrogen-bond donors (Lipinski definition) is 3. The minimum absolute atomic E-state index is 0.120. The Labute approximate surface area is 120 Å². The van der Waals surface area contributed by atoms with Crippen LogP contribution in [0.2, 0.25) is 0 Å². The Hall–Kier alpha value is -2.28. The zero-order valence-electron chi connectivity index (χ0n) is 10.8. The van der Waals surface area contributed by atoms with E-state index in [-0.39, 0.29) is 11.7 Å². The van der Waals surface area contributed by atoms with E-state index in [9.17, 15) is 9.59 Å². The molecular formula is C13H14N4O2S. The maximum Gasteiger partial charge on any atom is 0.321 e. The number of aromatic amines is 1. The Morgan fingerprint density at radius 3 is 2.75 bits per heavy atom. The van der Waals surface area contributed by atoms with Crippen LogP contribution >= 0.6 is 11.8 Å². The minimum Gasteiger partial charge on any atom is -0.341 e. The van der Waals surface area contributed by atoms with Gasteiger partial charge in [-0.2, -0.15) is 0 Å². The molecule has 6 nitrogen and oxygen atoms in total. The fourth-order valence-electron chi connectivity index (χ4n) is 1.50. The highest BCUT2D eigenvalue weighted by molar-refractivity contribution is 7.99. The molecule has 0 radical (unpaired) electrons. The van der Waals surface area contributed by atoms with E-state index >= 15 is 0 Å². The Kier molecular flexibility index (Phi) is 4.78. The van der Waals surface area contributed by atoms with Crippen molar-refractivity contribution in [2.75, 3.05) is 12.8 Å². The second-order valence-corrected chi connectivity index (χ2v) is 4.85. The van der Waals surface area contributed by atoms with Gasteiger partial charge in [0.2, 0.25) is 5.91 Å². The van der Waals surface area contributed by atoms with E-state index in [2.05, 4.69) is 20.6 Å². The number of H-pyrrole nitrogens is 1. The molecule has 0 spiro atoms. The summed E-state index contributed by atoms with van der Waals surface area (Å²) >= 11 is 1.24. The predicted octanol–water partition coefficient (Wildman–Crippen LogP) is 1.62. The number of carbonyl (C=O) groups excluding carboxylic acids is 2. The molecule has 0 bridgehead atoms. The third kappa shape index (κ3) is 3.86. The Morgan fingerprint density at radius 2 is 2.05 bits per heavy atom. The molecule has 1 aromatic carbocycles. The molecule has 0 saturated carbocycles. The molecule has 0 aliphatic heterocycles. The Bertz CT molecular complexity index is 597. The molecule has 0 unspecified atom stereocenters. The standard InChI is InChI=1S/C13H14N4O2S/c1-14-12(19)17-11(18)8-20-13-15-7-10(16-13)9-5-3-2-4-6-9/h2-7H,8H2,1H3,(H,15,16)(H2,14,17,18,19). The largest absolute Gasteiger partial charge is 0.341 e. The number of nitrogens with one attached hydrogen (secondary N) is 3. The molecule has 1 aromatic heterocycles. The maximum atomic E-state index is 11.4. The molecule has 2 aromatic rings. The molecular weight excluding hydrogens is 276 g/mol. The molecule has 0 aliphatic rings. The number of imidazole rings is 1. The number of urea groups is 1. The zero-order valence-corrected chi connectivity index (χ0v) is 11.7. The van der Waals surface area contributed by atoms with E-state index in [0.717, 1.165) is 11.3 Å². The molecule has 0 fully saturated rings. The van der Waals surface area contributed by atoms with Crippen molar-refractivity contribution in [1.82, 2.24) is 20.6 Å². The van der Waals surface area contributed by atoms with Crippen molar-refractivity contribution in [1.29, 1.82) is 0 Å². The lowest BCUT2D eigenvalue weighted by atomic mass is 10.2. The normalized spacial score (nSPS) is 10.1. The van der Waals surface area contributed by atoms with E-state index in [4.69, 9.17) is 0 Å². The molecule has 3 N–H and O–H groups in total. The average Bonchev–Trinajstić information content (AvgIpc) is 2.95. The van der Waals surface area contributed by atoms with Crippen molar-refractivity contribution in [3.05, 3.63) is 36.5 Å². The number of hydrogen-bond acceptors (Lipinski definition) is 4. The molecule has 2 rings (SSSR count). The maximum absolute atomic E-state index is 11.4. The van der Waals surface area contributed by atoms with Gasteiger partial charge in [-0.3, -0.25) is 10.1 Å². The van der Waals surface area contributed by atoms with Crippen molar-refractivity contribution in [2.24, 2.45) is 0 Å². The van der Waals surface area contributed by atoms with Gasteiger partial charge in [0.1, 0.15) is 0 Å². The average molecular weight is 290 g/mol. The summed E-state index contributed by atoms with van der Waals surface area (Å²) in [5.41, 5.74) is 1.92. The first-order chi connectivity index (χ1) is 9.69. The third-order valence-electron chi connectivity index (χ3n) is 2.46. The van der Waals surface area contributed by atoms with Crippen LogP contribution in [-0.2, 0) is 4.79 Å². The molecule has 0 saturated heterocycles. The Balaban J connectivity index is 1.91. The lowest BCUT2D eigenvalue weighted by Gasteiger charge is -2.01. The van der Waals surface area contributed by atoms with Gasteiger partial charge in [0.25, 0.3) is 0 Å². The lowest BCUT2D eigenvalue weighted by Crippen LogP contribution is -2.38. The molecule has 3 amide bonds. The van der Waals surface area contributed by atoms with Crippen molar-refractivity contribution in [2.45, 2.75) is 5.16 Å². The molecule has 0 atom stereocenters. The fraction of sp³-hybridized carbons (Fsp3) is 0.154. The van der Waals surface area contributed by atoms with Gasteiger partial charge in [-0.15, -0.1) is 0 Å². The quantitative estimate of drug-likeness (QED) is 0.747. The number of thioether (sulfide) groups is 1. The van der Waals surface area contributed by atoms with Crippen molar-refractivity contribution >= 4 is 23.7 Å². The summed E-state index contributed by atoms with van der Waals surface area (Å²) in [7, 11) is 1.45. The van der Waals surface area contributed by atoms with E-state index in [1.165, 1.54) is 18.8 Å². The van der Waals surface area contributed by atoms with Crippen molar-refractivity contribution < 1.29 is 9.59 Å². The van der Waals surface area contributed by atoms with Crippen LogP contribution in [0.25, 0.3) is 11.3 Å². The number of aromatic nitrogens is 2. The van der Waals surface area contributed by atoms with Crippen LogP contribution in [0.15, 0.2) is 41.7 Å². The monoisotopic (exact) mass is 290 g/mol. The molecule has 1 heterocycles. The number of benzene rings is 1. The molecule has 0 aliphatic carbocycles. The summed E-state index contributed by atoms with van der Waals surface area (Å²) in [6.07, 6.45) is 1.72. The number of imide groups is 1. The van der Waals surface area contributed by atoms with Crippen LogP contribution < -0.4 is 10.6 Å². The molecule has 20 heavy (non-hydrogen) atoms. The van der Waals surface area contributed by atoms with Crippen LogP contribution in [0.5, 0.6) is 0 Å². The topological polar surface area (TPSA) is 86.9 Å². The van der Waals surface area contributed by atoms with Gasteiger partial charge >= 0.3 is 6.03 Å². The summed E-state index contributed by atoms with van der Waals surface area (Å²) in [4.78, 5) is 29.7. The fourth-order valence-corrected chi connectivity index (χ4v) is 2.15. The highest BCUT2D eigenvalue weighted by Gasteiger charge is 2.09. The summed E-state index contributed by atoms with van der Waals surface area (Å²) < 4.78 is 0. The predicted molar refractivity (Wildman–Crippen MR) is 77.3 cm³/mol. The van der Waals surface area contributed by atoms with Gasteiger partial charge in [-0.1, -0.05) is 42.1 Å². The first-order valence-corrected chi connectivity index (χ1v) is 6.92. The van der Waals surface area contributed by atoms with Gasteiger partial charge in [-0.05, 0) is 5.56 Å². The van der Waals surface area contributed by atoms with Gasteiger partial charge in [-0.25, -0.2) is 9.78 Å². The van der Waals surface area contributed by atoms with Crippen LogP contribution in [0, 0.1) is 0 Å². The summed E-state index contributed by atoms with van der Waals surface area (Å²) in [5.74, 6) is -0.248. The minimum atomic E-state index is -0.514. The second-order valence-electron chi connectivity index (χ2n) is 3.88. The van der Waals surface area contributed by atoms with Gasteiger partial charge in [0.15, 0.2) is 5.16 Å². The van der Waals surface area contributed by atoms with Gasteiger partial charge in [0, 0.05) is 7.05 Å². The SMILES string of the molecule is CNC(=O)NC(=O)CSc1ncc(-c2ccccc2)[nH]1. The van der Waals surface area contributed by atoms with Crippen molar-refractivity contribution in [3.63, 3.8) is 0 Å². The summed E-state index contributed by atoms with van der Waals surface area (Å²) in [5, 5.41) is 5.14. The van der Waals surface area contributed by atoms with Gasteiger partial charge < -0.3 is 10.3 Å². The van der Waals surface area contributed by atoms with Crippen molar-refractivity contribution in [3.8, 4) is 11.3 Å². The van der Waals surface area contributed by atoms with Crippen LogP contribution in [0.4, 0.5) is 4.79 Å². The van der Waals surface area contributed by atoms with Gasteiger partial charge in [0.05, 0.1) is 17.6 Å². The van der Waals surface area contributed by atoms with Crippen LogP contribution in [0.3, 0.4) is 0 Å². The summed E-state index contributed by atoms with van der Waals surface area (Å²) in [6.45, 7) is 0. The number of nitrogens with zero attached hydrogens (tertiary/aromatic N) is 1. The Morgan fingerprint density at radius 1 is 1.30 bits per heavy atom. The van der Waals surface area contributed by atoms with Crippen LogP contribution in [-0.4, -0.2) is 34.7 Å². The number of amides is 3. The second kappa shape index (κ2) is 6.76. The number of carbonyl (C=O) groups is 2. The first kappa shape index (κ1) is 14.1. The van der Waals surface area contributed by atoms with E-state index < -0.39 is 6.03 Å². The van der Waals surface area contributed by atoms with E-state index in [1.807, 2.05) is 30.3 Å². The lowest BCUT2D eigenvalue weighted by molar-refractivity contribution is -0.117. The molecule has 104 valence electrons. The van der Waals surface area contributed by atoms with Crippen LogP contribution in [0.1, 0.15) is 0 Å². The van der Waals surface area contributed by atoms with E-state index in [0.29, 0.717) is 5.16 Å².